The van der Waals surface area contributed by atoms with Gasteiger partial charge in [-0.15, -0.1) is 0 Å². The molecule has 38 heavy (non-hydrogen) atoms. The summed E-state index contributed by atoms with van der Waals surface area (Å²) in [5.41, 5.74) is -0.220. The molecule has 0 saturated carbocycles. The van der Waals surface area contributed by atoms with E-state index < -0.39 is 17.3 Å². The number of carbonyl (C=O) groups excluding carboxylic acids is 1. The van der Waals surface area contributed by atoms with Crippen LogP contribution in [0.1, 0.15) is 41.5 Å². The maximum atomic E-state index is 13.2. The zero-order chi connectivity index (χ0) is 26.4. The van der Waals surface area contributed by atoms with Crippen LogP contribution < -0.4 is 10.9 Å². The molecule has 1 aliphatic carbocycles. The minimum absolute atomic E-state index is 0.0198. The van der Waals surface area contributed by atoms with Crippen molar-refractivity contribution in [2.45, 2.75) is 62.8 Å². The summed E-state index contributed by atoms with van der Waals surface area (Å²) in [4.78, 5) is 29.4. The van der Waals surface area contributed by atoms with Gasteiger partial charge in [0, 0.05) is 57.1 Å². The molecule has 0 bridgehead atoms. The molecule has 6 rings (SSSR count). The molecule has 0 aromatic carbocycles. The van der Waals surface area contributed by atoms with Crippen LogP contribution in [0.15, 0.2) is 33.7 Å². The first kappa shape index (κ1) is 25.6. The van der Waals surface area contributed by atoms with Crippen molar-refractivity contribution in [3.05, 3.63) is 57.4 Å². The normalized spacial score (nSPS) is 28.0. The van der Waals surface area contributed by atoms with Crippen molar-refractivity contribution in [3.8, 4) is 0 Å². The van der Waals surface area contributed by atoms with E-state index in [4.69, 9.17) is 13.9 Å². The van der Waals surface area contributed by atoms with Gasteiger partial charge in [0.25, 0.3) is 5.56 Å². The van der Waals surface area contributed by atoms with E-state index in [-0.39, 0.29) is 55.5 Å². The SMILES string of the molecule is O=C(CN1CCn2c(cc(C(F)(F)F)cc2=O)C1)NC1CN(C2CCOC2)C[C@@H]1OC1CCc2ccoc21. The average molecular weight is 537 g/mol. The number of likely N-dealkylation sites (tertiary alicyclic amines) is 1. The standard InChI is InChI=1S/C26H31F3N4O5/c27-26(28,29)17-9-19-11-31(5-6-33(19)24(35)10-17)14-23(34)30-20-12-32(18-4-7-36-15-18)13-22(20)38-21-2-1-16-3-8-37-25(16)21/h3,8-10,18,20-22H,1-2,4-7,11-15H2,(H,30,34)/t18?,20?,21?,22-/m0/s1. The van der Waals surface area contributed by atoms with Gasteiger partial charge < -0.3 is 23.8 Å². The van der Waals surface area contributed by atoms with Crippen LogP contribution >= 0.6 is 0 Å². The van der Waals surface area contributed by atoms with E-state index in [9.17, 15) is 22.8 Å². The van der Waals surface area contributed by atoms with E-state index in [0.29, 0.717) is 32.3 Å². The number of nitrogens with one attached hydrogen (secondary N) is 1. The van der Waals surface area contributed by atoms with Crippen LogP contribution in [0.25, 0.3) is 0 Å². The third-order valence-corrected chi connectivity index (χ3v) is 8.08. The number of ether oxygens (including phenoxy) is 2. The zero-order valence-corrected chi connectivity index (χ0v) is 20.9. The van der Waals surface area contributed by atoms with Gasteiger partial charge in [-0.05, 0) is 37.0 Å². The molecule has 1 N–H and O–H groups in total. The van der Waals surface area contributed by atoms with Gasteiger partial charge in [0.05, 0.1) is 37.1 Å². The highest BCUT2D eigenvalue weighted by Crippen LogP contribution is 2.37. The minimum Gasteiger partial charge on any atom is -0.466 e. The van der Waals surface area contributed by atoms with E-state index in [0.717, 1.165) is 43.3 Å². The van der Waals surface area contributed by atoms with Crippen molar-refractivity contribution >= 4 is 5.91 Å². The number of halogens is 3. The minimum atomic E-state index is -4.60. The smallest absolute Gasteiger partial charge is 0.416 e. The molecule has 3 unspecified atom stereocenters. The largest absolute Gasteiger partial charge is 0.466 e. The van der Waals surface area contributed by atoms with Crippen molar-refractivity contribution in [3.63, 3.8) is 0 Å². The van der Waals surface area contributed by atoms with Gasteiger partial charge in [-0.1, -0.05) is 0 Å². The molecule has 2 aromatic heterocycles. The second-order valence-electron chi connectivity index (χ2n) is 10.6. The molecule has 0 spiro atoms. The molecule has 1 amide bonds. The Morgan fingerprint density at radius 1 is 1.18 bits per heavy atom. The highest BCUT2D eigenvalue weighted by Gasteiger charge is 2.41. The number of fused-ring (bicyclic) bond motifs is 2. The molecule has 9 nitrogen and oxygen atoms in total. The summed E-state index contributed by atoms with van der Waals surface area (Å²) >= 11 is 0. The van der Waals surface area contributed by atoms with Gasteiger partial charge in [0.1, 0.15) is 11.9 Å². The van der Waals surface area contributed by atoms with Crippen LogP contribution in [0.3, 0.4) is 0 Å². The molecule has 0 radical (unpaired) electrons. The lowest BCUT2D eigenvalue weighted by atomic mass is 10.1. The fraction of sp³-hybridized carbons (Fsp3) is 0.615. The highest BCUT2D eigenvalue weighted by atomic mass is 19.4. The van der Waals surface area contributed by atoms with E-state index >= 15 is 0 Å². The number of hydrogen-bond acceptors (Lipinski definition) is 7. The van der Waals surface area contributed by atoms with Crippen LogP contribution in [0.2, 0.25) is 0 Å². The van der Waals surface area contributed by atoms with Gasteiger partial charge in [0.2, 0.25) is 5.91 Å². The fourth-order valence-electron chi connectivity index (χ4n) is 6.12. The number of aromatic nitrogens is 1. The summed E-state index contributed by atoms with van der Waals surface area (Å²) in [5.74, 6) is 0.638. The Labute approximate surface area is 217 Å². The average Bonchev–Trinajstić information content (AvgIpc) is 3.65. The highest BCUT2D eigenvalue weighted by molar-refractivity contribution is 5.78. The van der Waals surface area contributed by atoms with Crippen molar-refractivity contribution in [1.29, 1.82) is 0 Å². The van der Waals surface area contributed by atoms with Crippen LogP contribution in [0, 0.1) is 0 Å². The number of aryl methyl sites for hydroxylation is 1. The van der Waals surface area contributed by atoms with Crippen molar-refractivity contribution in [1.82, 2.24) is 19.7 Å². The first-order valence-electron chi connectivity index (χ1n) is 13.1. The quantitative estimate of drug-likeness (QED) is 0.604. The second-order valence-corrected chi connectivity index (χ2v) is 10.6. The zero-order valence-electron chi connectivity index (χ0n) is 20.9. The Morgan fingerprint density at radius 2 is 2.05 bits per heavy atom. The van der Waals surface area contributed by atoms with Crippen LogP contribution in [-0.2, 0) is 40.0 Å². The Bertz CT molecular complexity index is 1240. The number of carbonyl (C=O) groups is 1. The molecular formula is C26H31F3N4O5. The molecule has 4 aliphatic rings. The van der Waals surface area contributed by atoms with Crippen LogP contribution in [0.5, 0.6) is 0 Å². The number of hydrogen-bond donors (Lipinski definition) is 1. The molecular weight excluding hydrogens is 505 g/mol. The van der Waals surface area contributed by atoms with E-state index in [1.165, 1.54) is 4.57 Å². The van der Waals surface area contributed by atoms with Crippen molar-refractivity contribution in [2.24, 2.45) is 0 Å². The number of furan rings is 1. The van der Waals surface area contributed by atoms with Crippen molar-refractivity contribution < 1.29 is 31.9 Å². The predicted octanol–water partition coefficient (Wildman–Crippen LogP) is 1.94. The lowest BCUT2D eigenvalue weighted by Crippen LogP contribution is -2.49. The first-order chi connectivity index (χ1) is 18.2. The Hall–Kier alpha value is -2.67. The van der Waals surface area contributed by atoms with Crippen molar-refractivity contribution in [2.75, 3.05) is 39.4 Å². The maximum absolute atomic E-state index is 13.2. The number of rotatable bonds is 6. The summed E-state index contributed by atoms with van der Waals surface area (Å²) in [6, 6.07) is 3.64. The number of amides is 1. The topological polar surface area (TPSA) is 89.2 Å². The van der Waals surface area contributed by atoms with Gasteiger partial charge in [0.15, 0.2) is 0 Å². The summed E-state index contributed by atoms with van der Waals surface area (Å²) in [6.07, 6.45) is -0.622. The van der Waals surface area contributed by atoms with Crippen LogP contribution in [0.4, 0.5) is 13.2 Å². The van der Waals surface area contributed by atoms with Gasteiger partial charge >= 0.3 is 6.18 Å². The maximum Gasteiger partial charge on any atom is 0.416 e. The van der Waals surface area contributed by atoms with E-state index in [2.05, 4.69) is 10.2 Å². The fourth-order valence-corrected chi connectivity index (χ4v) is 6.12. The Morgan fingerprint density at radius 3 is 2.84 bits per heavy atom. The summed E-state index contributed by atoms with van der Waals surface area (Å²) in [5, 5.41) is 3.13. The first-order valence-corrected chi connectivity index (χ1v) is 13.1. The summed E-state index contributed by atoms with van der Waals surface area (Å²) < 4.78 is 58.7. The monoisotopic (exact) mass is 536 g/mol. The second kappa shape index (κ2) is 10.1. The number of nitrogens with zero attached hydrogens (tertiary/aromatic N) is 3. The Balaban J connectivity index is 1.11. The van der Waals surface area contributed by atoms with Gasteiger partial charge in [-0.25, -0.2) is 0 Å². The lowest BCUT2D eigenvalue weighted by Gasteiger charge is -2.30. The summed E-state index contributed by atoms with van der Waals surface area (Å²) in [7, 11) is 0. The van der Waals surface area contributed by atoms with E-state index in [1.807, 2.05) is 6.07 Å². The third kappa shape index (κ3) is 5.14. The molecule has 2 aromatic rings. The molecule has 4 atom stereocenters. The van der Waals surface area contributed by atoms with Gasteiger partial charge in [-0.3, -0.25) is 19.4 Å². The van der Waals surface area contributed by atoms with Crippen LogP contribution in [-0.4, -0.2) is 77.9 Å². The predicted molar refractivity (Wildman–Crippen MR) is 128 cm³/mol. The molecule has 2 saturated heterocycles. The Kier molecular flexibility index (Phi) is 6.83. The summed E-state index contributed by atoms with van der Waals surface area (Å²) in [6.45, 7) is 3.42. The molecule has 3 aliphatic heterocycles. The molecule has 12 heteroatoms. The molecule has 5 heterocycles. The number of pyridine rings is 1. The number of alkyl halides is 3. The third-order valence-electron chi connectivity index (χ3n) is 8.08. The van der Waals surface area contributed by atoms with E-state index in [1.54, 1.807) is 11.2 Å². The lowest BCUT2D eigenvalue weighted by molar-refractivity contribution is -0.138. The van der Waals surface area contributed by atoms with Gasteiger partial charge in [-0.2, -0.15) is 13.2 Å². The molecule has 206 valence electrons. The molecule has 2 fully saturated rings.